The zero-order valence-corrected chi connectivity index (χ0v) is 19.2. The molecular weight excluding hydrogens is 461 g/mol. The Bertz CT molecular complexity index is 1250. The SMILES string of the molecule is S=C1N[C@@H](c2ccccn2)[C@H](c2cccn2-c2ccc(Cl)cc2Cl)N1Cc1ccccn1. The number of aromatic nitrogens is 3. The second-order valence-electron chi connectivity index (χ2n) is 7.47. The Morgan fingerprint density at radius 2 is 1.75 bits per heavy atom. The zero-order chi connectivity index (χ0) is 22.1. The maximum atomic E-state index is 6.57. The normalized spacial score (nSPS) is 18.1. The lowest BCUT2D eigenvalue weighted by Gasteiger charge is -2.29. The fraction of sp³-hybridized carbons (Fsp3) is 0.125. The van der Waals surface area contributed by atoms with Crippen LogP contribution in [0.5, 0.6) is 0 Å². The Morgan fingerprint density at radius 1 is 0.938 bits per heavy atom. The van der Waals surface area contributed by atoms with Crippen molar-refractivity contribution in [1.82, 2.24) is 24.8 Å². The van der Waals surface area contributed by atoms with Crippen molar-refractivity contribution in [2.24, 2.45) is 0 Å². The summed E-state index contributed by atoms with van der Waals surface area (Å²) >= 11 is 18.5. The van der Waals surface area contributed by atoms with E-state index in [0.717, 1.165) is 22.8 Å². The zero-order valence-electron chi connectivity index (χ0n) is 16.9. The van der Waals surface area contributed by atoms with Crippen LogP contribution in [0.3, 0.4) is 0 Å². The van der Waals surface area contributed by atoms with Gasteiger partial charge in [-0.1, -0.05) is 35.3 Å². The molecule has 1 fully saturated rings. The van der Waals surface area contributed by atoms with E-state index in [9.17, 15) is 0 Å². The number of thiocarbonyl (C=S) groups is 1. The van der Waals surface area contributed by atoms with Gasteiger partial charge in [0.1, 0.15) is 0 Å². The largest absolute Gasteiger partial charge is 0.352 e. The minimum Gasteiger partial charge on any atom is -0.352 e. The summed E-state index contributed by atoms with van der Waals surface area (Å²) in [4.78, 5) is 11.3. The molecule has 4 heterocycles. The number of benzene rings is 1. The minimum absolute atomic E-state index is 0.124. The first-order chi connectivity index (χ1) is 15.6. The molecule has 1 aliphatic heterocycles. The first-order valence-electron chi connectivity index (χ1n) is 10.1. The summed E-state index contributed by atoms with van der Waals surface area (Å²) in [6.45, 7) is 0.570. The van der Waals surface area contributed by atoms with E-state index in [4.69, 9.17) is 35.4 Å². The number of nitrogens with one attached hydrogen (secondary N) is 1. The van der Waals surface area contributed by atoms with Crippen molar-refractivity contribution in [2.75, 3.05) is 0 Å². The highest BCUT2D eigenvalue weighted by molar-refractivity contribution is 7.80. The van der Waals surface area contributed by atoms with Crippen molar-refractivity contribution < 1.29 is 0 Å². The lowest BCUT2D eigenvalue weighted by Crippen LogP contribution is -2.30. The topological polar surface area (TPSA) is 46.0 Å². The van der Waals surface area contributed by atoms with Gasteiger partial charge in [-0.25, -0.2) is 0 Å². The monoisotopic (exact) mass is 479 g/mol. The average Bonchev–Trinajstić information content (AvgIpc) is 3.40. The minimum atomic E-state index is -0.132. The first-order valence-corrected chi connectivity index (χ1v) is 11.3. The fourth-order valence-electron chi connectivity index (χ4n) is 4.09. The van der Waals surface area contributed by atoms with Gasteiger partial charge < -0.3 is 14.8 Å². The number of hydrogen-bond donors (Lipinski definition) is 1. The third-order valence-electron chi connectivity index (χ3n) is 5.51. The molecule has 0 aliphatic carbocycles. The smallest absolute Gasteiger partial charge is 0.170 e. The lowest BCUT2D eigenvalue weighted by atomic mass is 10.0. The number of pyridine rings is 2. The first kappa shape index (κ1) is 20.9. The van der Waals surface area contributed by atoms with E-state index in [2.05, 4.69) is 30.8 Å². The molecule has 5 rings (SSSR count). The van der Waals surface area contributed by atoms with Crippen LogP contribution >= 0.6 is 35.4 Å². The van der Waals surface area contributed by atoms with Gasteiger partial charge in [0.05, 0.1) is 40.7 Å². The molecule has 0 unspecified atom stereocenters. The number of rotatable bonds is 5. The summed E-state index contributed by atoms with van der Waals surface area (Å²) in [6, 6.07) is 21.2. The van der Waals surface area contributed by atoms with Gasteiger partial charge in [-0.2, -0.15) is 0 Å². The Labute approximate surface area is 201 Å². The van der Waals surface area contributed by atoms with Crippen molar-refractivity contribution in [2.45, 2.75) is 18.6 Å². The maximum absolute atomic E-state index is 6.57. The van der Waals surface area contributed by atoms with Crippen molar-refractivity contribution in [3.05, 3.63) is 112 Å². The molecule has 8 heteroatoms. The third kappa shape index (κ3) is 3.97. The molecule has 0 radical (unpaired) electrons. The van der Waals surface area contributed by atoms with Crippen molar-refractivity contribution in [1.29, 1.82) is 0 Å². The van der Waals surface area contributed by atoms with Crippen molar-refractivity contribution in [3.8, 4) is 5.69 Å². The Balaban J connectivity index is 1.62. The molecule has 1 aliphatic rings. The van der Waals surface area contributed by atoms with Crippen LogP contribution in [0.4, 0.5) is 0 Å². The molecule has 4 aromatic rings. The fourth-order valence-corrected chi connectivity index (χ4v) is 4.90. The number of hydrogen-bond acceptors (Lipinski definition) is 3. The van der Waals surface area contributed by atoms with Crippen LogP contribution in [0.2, 0.25) is 10.0 Å². The van der Waals surface area contributed by atoms with Crippen LogP contribution in [0, 0.1) is 0 Å². The Morgan fingerprint density at radius 3 is 2.47 bits per heavy atom. The highest BCUT2D eigenvalue weighted by Gasteiger charge is 2.41. The van der Waals surface area contributed by atoms with Crippen molar-refractivity contribution in [3.63, 3.8) is 0 Å². The maximum Gasteiger partial charge on any atom is 0.170 e. The van der Waals surface area contributed by atoms with Crippen LogP contribution in [-0.4, -0.2) is 24.5 Å². The summed E-state index contributed by atoms with van der Waals surface area (Å²) in [5.74, 6) is 0. The summed E-state index contributed by atoms with van der Waals surface area (Å²) in [6.07, 6.45) is 5.59. The van der Waals surface area contributed by atoms with Gasteiger partial charge in [0.15, 0.2) is 5.11 Å². The van der Waals surface area contributed by atoms with E-state index >= 15 is 0 Å². The molecule has 5 nitrogen and oxygen atoms in total. The van der Waals surface area contributed by atoms with Crippen LogP contribution in [0.15, 0.2) is 85.3 Å². The Hall–Kier alpha value is -2.93. The van der Waals surface area contributed by atoms with Gasteiger partial charge in [0, 0.05) is 29.3 Å². The molecule has 1 saturated heterocycles. The van der Waals surface area contributed by atoms with E-state index < -0.39 is 0 Å². The van der Waals surface area contributed by atoms with E-state index in [0.29, 0.717) is 21.7 Å². The van der Waals surface area contributed by atoms with Crippen LogP contribution in [0.1, 0.15) is 29.2 Å². The van der Waals surface area contributed by atoms with Gasteiger partial charge in [0.2, 0.25) is 0 Å². The molecule has 0 amide bonds. The summed E-state index contributed by atoms with van der Waals surface area (Å²) in [5.41, 5.74) is 3.74. The molecule has 32 heavy (non-hydrogen) atoms. The van der Waals surface area contributed by atoms with E-state index in [-0.39, 0.29) is 12.1 Å². The van der Waals surface area contributed by atoms with Gasteiger partial charge >= 0.3 is 0 Å². The highest BCUT2D eigenvalue weighted by atomic mass is 35.5. The predicted molar refractivity (Wildman–Crippen MR) is 131 cm³/mol. The molecule has 160 valence electrons. The predicted octanol–water partition coefficient (Wildman–Crippen LogP) is 5.75. The molecule has 0 bridgehead atoms. The molecule has 0 saturated carbocycles. The van der Waals surface area contributed by atoms with E-state index in [1.54, 1.807) is 18.5 Å². The lowest BCUT2D eigenvalue weighted by molar-refractivity contribution is 0.299. The van der Waals surface area contributed by atoms with Crippen LogP contribution < -0.4 is 5.32 Å². The number of halogens is 2. The van der Waals surface area contributed by atoms with Crippen molar-refractivity contribution >= 4 is 40.5 Å². The van der Waals surface area contributed by atoms with E-state index in [1.165, 1.54) is 0 Å². The number of nitrogens with zero attached hydrogens (tertiary/aromatic N) is 4. The van der Waals surface area contributed by atoms with Gasteiger partial charge in [-0.15, -0.1) is 0 Å². The quantitative estimate of drug-likeness (QED) is 0.369. The molecule has 2 atom stereocenters. The second kappa shape index (κ2) is 8.90. The molecule has 3 aromatic heterocycles. The van der Waals surface area contributed by atoms with Crippen LogP contribution in [0.25, 0.3) is 5.69 Å². The van der Waals surface area contributed by atoms with Gasteiger partial charge in [-0.05, 0) is 66.8 Å². The Kier molecular flexibility index (Phi) is 5.83. The summed E-state index contributed by atoms with van der Waals surface area (Å²) in [7, 11) is 0. The molecule has 0 spiro atoms. The third-order valence-corrected chi connectivity index (χ3v) is 6.40. The summed E-state index contributed by atoms with van der Waals surface area (Å²) in [5, 5.41) is 5.31. The van der Waals surface area contributed by atoms with Crippen LogP contribution in [-0.2, 0) is 6.54 Å². The summed E-state index contributed by atoms with van der Waals surface area (Å²) < 4.78 is 2.08. The highest BCUT2D eigenvalue weighted by Crippen LogP contribution is 2.41. The van der Waals surface area contributed by atoms with Gasteiger partial charge in [-0.3, -0.25) is 9.97 Å². The average molecular weight is 480 g/mol. The second-order valence-corrected chi connectivity index (χ2v) is 8.70. The van der Waals surface area contributed by atoms with Gasteiger partial charge in [0.25, 0.3) is 0 Å². The van der Waals surface area contributed by atoms with E-state index in [1.807, 2.05) is 60.8 Å². The molecule has 1 N–H and O–H groups in total. The molecular formula is C24H19Cl2N5S. The standard InChI is InChI=1S/C24H19Cl2N5S/c25-16-9-10-20(18(26)14-16)30-13-5-8-21(30)23-22(19-7-2-4-12-28-19)29-24(32)31(23)15-17-6-1-3-11-27-17/h1-14,22-23H,15H2,(H,29,32)/t22-,23-/m0/s1. The molecule has 1 aromatic carbocycles.